The highest BCUT2D eigenvalue weighted by Gasteiger charge is 2.32. The van der Waals surface area contributed by atoms with Crippen LogP contribution in [-0.2, 0) is 6.54 Å². The van der Waals surface area contributed by atoms with Gasteiger partial charge in [-0.25, -0.2) is 0 Å². The molecule has 0 saturated heterocycles. The molecule has 0 radical (unpaired) electrons. The summed E-state index contributed by atoms with van der Waals surface area (Å²) in [5, 5.41) is 17.8. The molecule has 2 atom stereocenters. The average molecular weight is 195 g/mol. The monoisotopic (exact) mass is 195 g/mol. The second kappa shape index (κ2) is 3.69. The van der Waals surface area contributed by atoms with Crippen LogP contribution < -0.4 is 0 Å². The molecule has 4 nitrogen and oxygen atoms in total. The Balaban J connectivity index is 2.01. The van der Waals surface area contributed by atoms with E-state index in [4.69, 9.17) is 0 Å². The fourth-order valence-electron chi connectivity index (χ4n) is 2.42. The fraction of sp³-hybridized carbons (Fsp3) is 0.800. The van der Waals surface area contributed by atoms with Crippen LogP contribution in [0.4, 0.5) is 0 Å². The Kier molecular flexibility index (Phi) is 2.54. The number of nitrogens with zero attached hydrogens (tertiary/aromatic N) is 3. The lowest BCUT2D eigenvalue weighted by atomic mass is 9.79. The second-order valence-electron chi connectivity index (χ2n) is 4.56. The van der Waals surface area contributed by atoms with E-state index in [9.17, 15) is 5.11 Å². The minimum absolute atomic E-state index is 0.542. The van der Waals surface area contributed by atoms with Gasteiger partial charge in [0, 0.05) is 0 Å². The molecular formula is C10H17N3O. The van der Waals surface area contributed by atoms with Crippen LogP contribution in [0.1, 0.15) is 32.6 Å². The quantitative estimate of drug-likeness (QED) is 0.772. The summed E-state index contributed by atoms with van der Waals surface area (Å²) in [7, 11) is 0. The molecular weight excluding hydrogens is 178 g/mol. The van der Waals surface area contributed by atoms with Gasteiger partial charge in [-0.1, -0.05) is 19.8 Å². The standard InChI is InChI=1S/C10H17N3O/c1-9-3-2-4-10(14,5-9)6-13-7-11-12-8-13/h7-9,14H,2-6H2,1H3. The second-order valence-corrected chi connectivity index (χ2v) is 4.56. The van der Waals surface area contributed by atoms with E-state index in [0.717, 1.165) is 19.3 Å². The van der Waals surface area contributed by atoms with Gasteiger partial charge in [0.1, 0.15) is 12.7 Å². The summed E-state index contributed by atoms with van der Waals surface area (Å²) in [6.07, 6.45) is 7.49. The van der Waals surface area contributed by atoms with Crippen molar-refractivity contribution in [3.05, 3.63) is 12.7 Å². The maximum atomic E-state index is 10.3. The van der Waals surface area contributed by atoms with Gasteiger partial charge >= 0.3 is 0 Å². The predicted molar refractivity (Wildman–Crippen MR) is 52.6 cm³/mol. The molecule has 0 amide bonds. The van der Waals surface area contributed by atoms with Crippen molar-refractivity contribution in [2.75, 3.05) is 0 Å². The van der Waals surface area contributed by atoms with Crippen LogP contribution in [0.3, 0.4) is 0 Å². The molecule has 0 spiro atoms. The van der Waals surface area contributed by atoms with Crippen molar-refractivity contribution >= 4 is 0 Å². The molecule has 0 bridgehead atoms. The maximum Gasteiger partial charge on any atom is 0.119 e. The van der Waals surface area contributed by atoms with E-state index < -0.39 is 5.60 Å². The van der Waals surface area contributed by atoms with Gasteiger partial charge in [-0.2, -0.15) is 0 Å². The third-order valence-electron chi connectivity index (χ3n) is 3.01. The summed E-state index contributed by atoms with van der Waals surface area (Å²) < 4.78 is 1.86. The number of aromatic nitrogens is 3. The van der Waals surface area contributed by atoms with Crippen molar-refractivity contribution in [3.63, 3.8) is 0 Å². The zero-order valence-electron chi connectivity index (χ0n) is 8.56. The summed E-state index contributed by atoms with van der Waals surface area (Å²) in [6, 6.07) is 0. The zero-order chi connectivity index (χ0) is 10.0. The molecule has 1 aliphatic rings. The Morgan fingerprint density at radius 3 is 2.86 bits per heavy atom. The molecule has 14 heavy (non-hydrogen) atoms. The number of aliphatic hydroxyl groups is 1. The van der Waals surface area contributed by atoms with Crippen LogP contribution in [0.25, 0.3) is 0 Å². The average Bonchev–Trinajstić information content (AvgIpc) is 2.55. The highest BCUT2D eigenvalue weighted by molar-refractivity contribution is 4.86. The largest absolute Gasteiger partial charge is 0.388 e. The molecule has 1 saturated carbocycles. The predicted octanol–water partition coefficient (Wildman–Crippen LogP) is 1.22. The SMILES string of the molecule is CC1CCCC(O)(Cn2cnnc2)C1. The van der Waals surface area contributed by atoms with Gasteiger partial charge in [-0.15, -0.1) is 10.2 Å². The minimum atomic E-state index is -0.542. The lowest BCUT2D eigenvalue weighted by molar-refractivity contribution is -0.0272. The summed E-state index contributed by atoms with van der Waals surface area (Å²) in [5.74, 6) is 0.630. The molecule has 1 aliphatic carbocycles. The van der Waals surface area contributed by atoms with Crippen molar-refractivity contribution in [2.24, 2.45) is 5.92 Å². The highest BCUT2D eigenvalue weighted by atomic mass is 16.3. The topological polar surface area (TPSA) is 50.9 Å². The molecule has 1 N–H and O–H groups in total. The van der Waals surface area contributed by atoms with Gasteiger partial charge in [0.25, 0.3) is 0 Å². The summed E-state index contributed by atoms with van der Waals surface area (Å²) in [6.45, 7) is 2.83. The van der Waals surface area contributed by atoms with Crippen LogP contribution in [0.2, 0.25) is 0 Å². The smallest absolute Gasteiger partial charge is 0.119 e. The molecule has 1 heterocycles. The Hall–Kier alpha value is -0.900. The van der Waals surface area contributed by atoms with E-state index in [1.165, 1.54) is 6.42 Å². The van der Waals surface area contributed by atoms with Gasteiger partial charge in [0.2, 0.25) is 0 Å². The maximum absolute atomic E-state index is 10.3. The van der Waals surface area contributed by atoms with Crippen molar-refractivity contribution in [3.8, 4) is 0 Å². The molecule has 1 fully saturated rings. The van der Waals surface area contributed by atoms with Gasteiger partial charge in [0.15, 0.2) is 0 Å². The van der Waals surface area contributed by atoms with Crippen molar-refractivity contribution in [1.82, 2.24) is 14.8 Å². The van der Waals surface area contributed by atoms with E-state index in [2.05, 4.69) is 17.1 Å². The Morgan fingerprint density at radius 1 is 1.50 bits per heavy atom. The van der Waals surface area contributed by atoms with E-state index in [1.807, 2.05) is 4.57 Å². The van der Waals surface area contributed by atoms with Crippen LogP contribution in [0.15, 0.2) is 12.7 Å². The number of hydrogen-bond donors (Lipinski definition) is 1. The van der Waals surface area contributed by atoms with E-state index >= 15 is 0 Å². The van der Waals surface area contributed by atoms with Gasteiger partial charge in [0.05, 0.1) is 12.1 Å². The Bertz CT molecular complexity index is 286. The molecule has 1 aromatic heterocycles. The Morgan fingerprint density at radius 2 is 2.21 bits per heavy atom. The third kappa shape index (κ3) is 2.12. The Labute approximate surface area is 84.0 Å². The summed E-state index contributed by atoms with van der Waals surface area (Å²) in [4.78, 5) is 0. The molecule has 0 aromatic carbocycles. The molecule has 1 aromatic rings. The van der Waals surface area contributed by atoms with Crippen LogP contribution in [0, 0.1) is 5.92 Å². The lowest BCUT2D eigenvalue weighted by Crippen LogP contribution is -2.38. The minimum Gasteiger partial charge on any atom is -0.388 e. The lowest BCUT2D eigenvalue weighted by Gasteiger charge is -2.35. The van der Waals surface area contributed by atoms with Crippen molar-refractivity contribution in [1.29, 1.82) is 0 Å². The van der Waals surface area contributed by atoms with Gasteiger partial charge < -0.3 is 9.67 Å². The number of hydrogen-bond acceptors (Lipinski definition) is 3. The first kappa shape index (κ1) is 9.65. The molecule has 2 rings (SSSR count). The highest BCUT2D eigenvalue weighted by Crippen LogP contribution is 2.33. The molecule has 78 valence electrons. The first-order chi connectivity index (χ1) is 6.68. The van der Waals surface area contributed by atoms with E-state index in [0.29, 0.717) is 12.5 Å². The van der Waals surface area contributed by atoms with E-state index in [1.54, 1.807) is 12.7 Å². The van der Waals surface area contributed by atoms with Crippen molar-refractivity contribution < 1.29 is 5.11 Å². The normalized spacial score (nSPS) is 33.1. The van der Waals surface area contributed by atoms with Gasteiger partial charge in [-0.3, -0.25) is 0 Å². The van der Waals surface area contributed by atoms with Gasteiger partial charge in [-0.05, 0) is 18.8 Å². The third-order valence-corrected chi connectivity index (χ3v) is 3.01. The first-order valence-electron chi connectivity index (χ1n) is 5.23. The molecule has 2 unspecified atom stereocenters. The molecule has 0 aliphatic heterocycles. The summed E-state index contributed by atoms with van der Waals surface area (Å²) in [5.41, 5.74) is -0.542. The van der Waals surface area contributed by atoms with Crippen LogP contribution >= 0.6 is 0 Å². The van der Waals surface area contributed by atoms with Crippen molar-refractivity contribution in [2.45, 2.75) is 44.8 Å². The van der Waals surface area contributed by atoms with E-state index in [-0.39, 0.29) is 0 Å². The fourth-order valence-corrected chi connectivity index (χ4v) is 2.42. The van der Waals surface area contributed by atoms with Crippen LogP contribution in [0.5, 0.6) is 0 Å². The first-order valence-corrected chi connectivity index (χ1v) is 5.23. The number of rotatable bonds is 2. The zero-order valence-corrected chi connectivity index (χ0v) is 8.56. The summed E-state index contributed by atoms with van der Waals surface area (Å²) >= 11 is 0. The van der Waals surface area contributed by atoms with Crippen LogP contribution in [-0.4, -0.2) is 25.5 Å². The molecule has 4 heteroatoms.